The molecular formula is C9H17N5O. The number of amides is 1. The van der Waals surface area contributed by atoms with Crippen molar-refractivity contribution in [2.75, 3.05) is 6.54 Å². The van der Waals surface area contributed by atoms with Crippen molar-refractivity contribution in [3.8, 4) is 0 Å². The fourth-order valence-corrected chi connectivity index (χ4v) is 1.23. The lowest BCUT2D eigenvalue weighted by molar-refractivity contribution is -0.122. The van der Waals surface area contributed by atoms with Crippen LogP contribution in [0.3, 0.4) is 0 Å². The summed E-state index contributed by atoms with van der Waals surface area (Å²) in [6, 6.07) is 0. The molecule has 1 unspecified atom stereocenters. The van der Waals surface area contributed by atoms with Gasteiger partial charge in [0.25, 0.3) is 0 Å². The van der Waals surface area contributed by atoms with E-state index in [2.05, 4.69) is 20.5 Å². The summed E-state index contributed by atoms with van der Waals surface area (Å²) in [5.74, 6) is 0.924. The number of carbonyl (C=O) groups is 1. The van der Waals surface area contributed by atoms with Crippen LogP contribution >= 0.6 is 0 Å². The molecule has 0 spiro atoms. The zero-order valence-corrected chi connectivity index (χ0v) is 8.86. The van der Waals surface area contributed by atoms with E-state index in [0.717, 1.165) is 6.42 Å². The smallest absolute Gasteiger partial charge is 0.220 e. The van der Waals surface area contributed by atoms with E-state index in [4.69, 9.17) is 5.73 Å². The normalized spacial score (nSPS) is 12.4. The van der Waals surface area contributed by atoms with Crippen LogP contribution in [0.5, 0.6) is 0 Å². The Hall–Kier alpha value is -1.43. The Bertz CT molecular complexity index is 281. The molecule has 0 fully saturated rings. The second-order valence-electron chi connectivity index (χ2n) is 3.42. The molecule has 0 aliphatic rings. The topological polar surface area (TPSA) is 96.7 Å². The Labute approximate surface area is 88.7 Å². The molecular weight excluding hydrogens is 194 g/mol. The van der Waals surface area contributed by atoms with E-state index in [-0.39, 0.29) is 11.8 Å². The first-order chi connectivity index (χ1) is 7.26. The van der Waals surface area contributed by atoms with Gasteiger partial charge in [-0.25, -0.2) is 4.98 Å². The molecule has 0 bridgehead atoms. The van der Waals surface area contributed by atoms with Gasteiger partial charge in [0.05, 0.1) is 6.54 Å². The van der Waals surface area contributed by atoms with Crippen molar-refractivity contribution in [1.82, 2.24) is 20.5 Å². The van der Waals surface area contributed by atoms with Gasteiger partial charge in [-0.1, -0.05) is 13.3 Å². The maximum Gasteiger partial charge on any atom is 0.220 e. The van der Waals surface area contributed by atoms with Crippen LogP contribution in [0.1, 0.15) is 25.6 Å². The summed E-state index contributed by atoms with van der Waals surface area (Å²) in [4.78, 5) is 15.3. The molecule has 1 atom stereocenters. The minimum Gasteiger partial charge on any atom is -0.349 e. The molecule has 1 aromatic heterocycles. The summed E-state index contributed by atoms with van der Waals surface area (Å²) >= 11 is 0. The van der Waals surface area contributed by atoms with Crippen molar-refractivity contribution in [2.24, 2.45) is 11.7 Å². The summed E-state index contributed by atoms with van der Waals surface area (Å²) < 4.78 is 0. The molecule has 1 rings (SSSR count). The molecule has 6 heteroatoms. The van der Waals surface area contributed by atoms with Crippen LogP contribution in [0.25, 0.3) is 0 Å². The van der Waals surface area contributed by atoms with E-state index in [9.17, 15) is 4.79 Å². The summed E-state index contributed by atoms with van der Waals surface area (Å²) in [7, 11) is 0. The number of aromatic amines is 1. The Balaban J connectivity index is 2.24. The van der Waals surface area contributed by atoms with Crippen molar-refractivity contribution >= 4 is 5.91 Å². The zero-order valence-electron chi connectivity index (χ0n) is 8.86. The van der Waals surface area contributed by atoms with Gasteiger partial charge in [0, 0.05) is 6.42 Å². The van der Waals surface area contributed by atoms with Crippen molar-refractivity contribution in [2.45, 2.75) is 26.3 Å². The average Bonchev–Trinajstić information content (AvgIpc) is 2.75. The van der Waals surface area contributed by atoms with Crippen molar-refractivity contribution in [3.05, 3.63) is 12.2 Å². The van der Waals surface area contributed by atoms with Crippen LogP contribution in [0, 0.1) is 5.92 Å². The lowest BCUT2D eigenvalue weighted by Crippen LogP contribution is -2.28. The predicted octanol–water partition coefficient (Wildman–Crippen LogP) is -0.204. The van der Waals surface area contributed by atoms with Gasteiger partial charge in [-0.3, -0.25) is 9.89 Å². The van der Waals surface area contributed by atoms with Gasteiger partial charge >= 0.3 is 0 Å². The van der Waals surface area contributed by atoms with E-state index in [1.54, 1.807) is 0 Å². The molecule has 6 nitrogen and oxygen atoms in total. The number of nitrogens with two attached hydrogens (primary N) is 1. The van der Waals surface area contributed by atoms with Crippen LogP contribution < -0.4 is 11.1 Å². The maximum atomic E-state index is 11.4. The van der Waals surface area contributed by atoms with E-state index >= 15 is 0 Å². The Kier molecular flexibility index (Phi) is 4.76. The standard InChI is InChI=1S/C9H17N5O/c1-2-7(4-10)3-9(15)11-5-8-12-6-13-14-8/h6-7H,2-5,10H2,1H3,(H,11,15)(H,12,13,14). The highest BCUT2D eigenvalue weighted by atomic mass is 16.1. The number of aromatic nitrogens is 3. The maximum absolute atomic E-state index is 11.4. The van der Waals surface area contributed by atoms with Gasteiger partial charge in [-0.2, -0.15) is 5.10 Å². The van der Waals surface area contributed by atoms with Crippen LogP contribution in [-0.2, 0) is 11.3 Å². The van der Waals surface area contributed by atoms with E-state index in [0.29, 0.717) is 25.3 Å². The quantitative estimate of drug-likeness (QED) is 0.607. The summed E-state index contributed by atoms with van der Waals surface area (Å²) in [6.07, 6.45) is 2.81. The van der Waals surface area contributed by atoms with Crippen molar-refractivity contribution in [1.29, 1.82) is 0 Å². The van der Waals surface area contributed by atoms with Crippen LogP contribution in [0.15, 0.2) is 6.33 Å². The van der Waals surface area contributed by atoms with Crippen LogP contribution in [0.4, 0.5) is 0 Å². The first kappa shape index (κ1) is 11.6. The summed E-state index contributed by atoms with van der Waals surface area (Å²) in [5.41, 5.74) is 5.51. The number of hydrogen-bond acceptors (Lipinski definition) is 4. The van der Waals surface area contributed by atoms with Crippen LogP contribution in [0.2, 0.25) is 0 Å². The second kappa shape index (κ2) is 6.13. The first-order valence-electron chi connectivity index (χ1n) is 5.07. The minimum absolute atomic E-state index is 0.00343. The largest absolute Gasteiger partial charge is 0.349 e. The lowest BCUT2D eigenvalue weighted by atomic mass is 10.0. The third-order valence-corrected chi connectivity index (χ3v) is 2.30. The van der Waals surface area contributed by atoms with Gasteiger partial charge in [0.2, 0.25) is 5.91 Å². The fraction of sp³-hybridized carbons (Fsp3) is 0.667. The third-order valence-electron chi connectivity index (χ3n) is 2.30. The lowest BCUT2D eigenvalue weighted by Gasteiger charge is -2.11. The Morgan fingerprint density at radius 2 is 2.53 bits per heavy atom. The average molecular weight is 211 g/mol. The molecule has 4 N–H and O–H groups in total. The zero-order chi connectivity index (χ0) is 11.1. The van der Waals surface area contributed by atoms with E-state index < -0.39 is 0 Å². The number of hydrogen-bond donors (Lipinski definition) is 3. The highest BCUT2D eigenvalue weighted by molar-refractivity contribution is 5.76. The van der Waals surface area contributed by atoms with Gasteiger partial charge < -0.3 is 11.1 Å². The number of carbonyl (C=O) groups excluding carboxylic acids is 1. The summed E-state index contributed by atoms with van der Waals surface area (Å²) in [6.45, 7) is 2.97. The SMILES string of the molecule is CCC(CN)CC(=O)NCc1ncn[nH]1. The van der Waals surface area contributed by atoms with Crippen LogP contribution in [-0.4, -0.2) is 27.6 Å². The van der Waals surface area contributed by atoms with Gasteiger partial charge in [0.15, 0.2) is 0 Å². The molecule has 0 radical (unpaired) electrons. The molecule has 0 aliphatic carbocycles. The number of nitrogens with one attached hydrogen (secondary N) is 2. The first-order valence-corrected chi connectivity index (χ1v) is 5.07. The number of nitrogens with zero attached hydrogens (tertiary/aromatic N) is 2. The van der Waals surface area contributed by atoms with Gasteiger partial charge in [-0.15, -0.1) is 0 Å². The molecule has 0 saturated carbocycles. The molecule has 1 amide bonds. The molecule has 0 aliphatic heterocycles. The Morgan fingerprint density at radius 1 is 1.73 bits per heavy atom. The fourth-order valence-electron chi connectivity index (χ4n) is 1.23. The van der Waals surface area contributed by atoms with E-state index in [1.807, 2.05) is 6.92 Å². The van der Waals surface area contributed by atoms with Crippen molar-refractivity contribution < 1.29 is 4.79 Å². The number of rotatable bonds is 6. The predicted molar refractivity (Wildman–Crippen MR) is 55.7 cm³/mol. The highest BCUT2D eigenvalue weighted by Gasteiger charge is 2.10. The molecule has 1 aromatic rings. The van der Waals surface area contributed by atoms with E-state index in [1.165, 1.54) is 6.33 Å². The molecule has 84 valence electrons. The van der Waals surface area contributed by atoms with Gasteiger partial charge in [0.1, 0.15) is 12.2 Å². The molecule has 0 aromatic carbocycles. The molecule has 0 saturated heterocycles. The third kappa shape index (κ3) is 4.07. The Morgan fingerprint density at radius 3 is 3.07 bits per heavy atom. The minimum atomic E-state index is 0.00343. The summed E-state index contributed by atoms with van der Waals surface area (Å²) in [5, 5.41) is 9.12. The number of H-pyrrole nitrogens is 1. The monoisotopic (exact) mass is 211 g/mol. The molecule has 15 heavy (non-hydrogen) atoms. The van der Waals surface area contributed by atoms with Gasteiger partial charge in [-0.05, 0) is 12.5 Å². The molecule has 1 heterocycles. The van der Waals surface area contributed by atoms with Crippen molar-refractivity contribution in [3.63, 3.8) is 0 Å². The highest BCUT2D eigenvalue weighted by Crippen LogP contribution is 2.05. The second-order valence-corrected chi connectivity index (χ2v) is 3.42.